The Kier molecular flexibility index (Phi) is 6.95. The number of halogens is 1. The second-order valence-electron chi connectivity index (χ2n) is 6.10. The fourth-order valence-electron chi connectivity index (χ4n) is 2.53. The van der Waals surface area contributed by atoms with Gasteiger partial charge in [0.05, 0.1) is 18.6 Å². The molecule has 152 valence electrons. The lowest BCUT2D eigenvalue weighted by molar-refractivity contribution is -0.113. The first-order chi connectivity index (χ1) is 14.0. The summed E-state index contributed by atoms with van der Waals surface area (Å²) in [6.45, 7) is 4.65. The van der Waals surface area contributed by atoms with E-state index in [0.717, 1.165) is 5.56 Å². The average Bonchev–Trinajstić information content (AvgIpc) is 3.37. The van der Waals surface area contributed by atoms with E-state index in [1.807, 2.05) is 24.5 Å². The molecule has 1 aromatic carbocycles. The third-order valence-electron chi connectivity index (χ3n) is 4.05. The van der Waals surface area contributed by atoms with Crippen LogP contribution in [0.2, 0.25) is 5.02 Å². The second-order valence-corrected chi connectivity index (χ2v) is 7.45. The normalized spacial score (nSPS) is 10.7. The van der Waals surface area contributed by atoms with Crippen molar-refractivity contribution in [2.45, 2.75) is 32.1 Å². The third kappa shape index (κ3) is 5.39. The molecule has 10 heteroatoms. The van der Waals surface area contributed by atoms with E-state index >= 15 is 0 Å². The van der Waals surface area contributed by atoms with Crippen molar-refractivity contribution in [2.24, 2.45) is 0 Å². The van der Waals surface area contributed by atoms with E-state index in [0.29, 0.717) is 28.2 Å². The molecular weight excluding hydrogens is 414 g/mol. The average molecular weight is 434 g/mol. The molecule has 0 aliphatic rings. The Morgan fingerprint density at radius 2 is 2.10 bits per heavy atom. The van der Waals surface area contributed by atoms with Crippen LogP contribution in [-0.4, -0.2) is 32.3 Å². The monoisotopic (exact) mass is 433 g/mol. The van der Waals surface area contributed by atoms with E-state index < -0.39 is 0 Å². The molecule has 2 aromatic heterocycles. The van der Waals surface area contributed by atoms with Gasteiger partial charge in [-0.25, -0.2) is 0 Å². The quantitative estimate of drug-likeness (QED) is 0.527. The zero-order chi connectivity index (χ0) is 20.8. The molecule has 0 fully saturated rings. The first-order valence-electron chi connectivity index (χ1n) is 8.90. The van der Waals surface area contributed by atoms with Gasteiger partial charge >= 0.3 is 0 Å². The highest BCUT2D eigenvalue weighted by molar-refractivity contribution is 7.99. The predicted octanol–water partition coefficient (Wildman–Crippen LogP) is 3.51. The Hall–Kier alpha value is -2.78. The van der Waals surface area contributed by atoms with Crippen LogP contribution in [0.15, 0.2) is 46.2 Å². The number of rotatable bonds is 8. The van der Waals surface area contributed by atoms with Crippen LogP contribution in [-0.2, 0) is 17.9 Å². The van der Waals surface area contributed by atoms with Crippen molar-refractivity contribution >= 4 is 40.9 Å². The summed E-state index contributed by atoms with van der Waals surface area (Å²) < 4.78 is 6.91. The Morgan fingerprint density at radius 3 is 2.79 bits per heavy atom. The molecular formula is C19H20ClN5O3S. The van der Waals surface area contributed by atoms with Gasteiger partial charge in [0, 0.05) is 17.3 Å². The van der Waals surface area contributed by atoms with Gasteiger partial charge in [-0.3, -0.25) is 9.59 Å². The van der Waals surface area contributed by atoms with Gasteiger partial charge in [0.1, 0.15) is 0 Å². The minimum atomic E-state index is -0.328. The highest BCUT2D eigenvalue weighted by atomic mass is 35.5. The van der Waals surface area contributed by atoms with Crippen LogP contribution in [0.25, 0.3) is 0 Å². The first-order valence-corrected chi connectivity index (χ1v) is 10.3. The summed E-state index contributed by atoms with van der Waals surface area (Å²) >= 11 is 7.36. The van der Waals surface area contributed by atoms with Gasteiger partial charge < -0.3 is 19.6 Å². The molecule has 2 amide bonds. The van der Waals surface area contributed by atoms with E-state index in [9.17, 15) is 9.59 Å². The molecule has 0 bridgehead atoms. The summed E-state index contributed by atoms with van der Waals surface area (Å²) in [5, 5.41) is 15.0. The standard InChI is InChI=1S/C19H20ClN5O3S/c1-3-25-16(10-21-18(27)15-5-4-8-28-15)23-24-19(25)29-11-17(26)22-13-7-6-12(2)14(20)9-13/h4-9H,3,10-11H2,1-2H3,(H,21,27)(H,22,26). The van der Waals surface area contributed by atoms with Crippen molar-refractivity contribution < 1.29 is 14.0 Å². The fraction of sp³-hybridized carbons (Fsp3) is 0.263. The zero-order valence-electron chi connectivity index (χ0n) is 15.9. The Morgan fingerprint density at radius 1 is 1.28 bits per heavy atom. The molecule has 0 spiro atoms. The summed E-state index contributed by atoms with van der Waals surface area (Å²) in [5.41, 5.74) is 1.59. The molecule has 29 heavy (non-hydrogen) atoms. The molecule has 2 heterocycles. The second kappa shape index (κ2) is 9.62. The molecule has 0 atom stereocenters. The van der Waals surface area contributed by atoms with Gasteiger partial charge in [0.25, 0.3) is 5.91 Å². The molecule has 0 aliphatic heterocycles. The van der Waals surface area contributed by atoms with Gasteiger partial charge in [0.15, 0.2) is 16.7 Å². The summed E-state index contributed by atoms with van der Waals surface area (Å²) in [5.74, 6) is 0.498. The van der Waals surface area contributed by atoms with E-state index in [1.165, 1.54) is 18.0 Å². The van der Waals surface area contributed by atoms with Crippen molar-refractivity contribution in [3.63, 3.8) is 0 Å². The highest BCUT2D eigenvalue weighted by Crippen LogP contribution is 2.21. The predicted molar refractivity (Wildman–Crippen MR) is 111 cm³/mol. The van der Waals surface area contributed by atoms with Gasteiger partial charge in [-0.1, -0.05) is 29.4 Å². The fourth-order valence-corrected chi connectivity index (χ4v) is 3.53. The Labute approximate surface area is 177 Å². The van der Waals surface area contributed by atoms with Gasteiger partial charge in [0.2, 0.25) is 5.91 Å². The molecule has 8 nitrogen and oxygen atoms in total. The smallest absolute Gasteiger partial charge is 0.287 e. The molecule has 0 radical (unpaired) electrons. The minimum Gasteiger partial charge on any atom is -0.459 e. The molecule has 3 rings (SSSR count). The topological polar surface area (TPSA) is 102 Å². The van der Waals surface area contributed by atoms with Crippen molar-refractivity contribution in [1.82, 2.24) is 20.1 Å². The van der Waals surface area contributed by atoms with Crippen LogP contribution in [0, 0.1) is 6.92 Å². The lowest BCUT2D eigenvalue weighted by Crippen LogP contribution is -2.24. The lowest BCUT2D eigenvalue weighted by Gasteiger charge is -2.09. The number of benzene rings is 1. The van der Waals surface area contributed by atoms with Crippen molar-refractivity contribution in [3.8, 4) is 0 Å². The van der Waals surface area contributed by atoms with Crippen LogP contribution < -0.4 is 10.6 Å². The van der Waals surface area contributed by atoms with Gasteiger partial charge in [-0.05, 0) is 43.7 Å². The van der Waals surface area contributed by atoms with E-state index in [1.54, 1.807) is 24.3 Å². The number of amides is 2. The summed E-state index contributed by atoms with van der Waals surface area (Å²) in [6, 6.07) is 8.60. The number of carbonyl (C=O) groups excluding carboxylic acids is 2. The summed E-state index contributed by atoms with van der Waals surface area (Å²) in [4.78, 5) is 24.2. The molecule has 0 saturated carbocycles. The van der Waals surface area contributed by atoms with Crippen LogP contribution in [0.4, 0.5) is 5.69 Å². The van der Waals surface area contributed by atoms with Crippen molar-refractivity contribution in [2.75, 3.05) is 11.1 Å². The highest BCUT2D eigenvalue weighted by Gasteiger charge is 2.15. The number of thioether (sulfide) groups is 1. The number of carbonyl (C=O) groups is 2. The number of nitrogens with zero attached hydrogens (tertiary/aromatic N) is 3. The zero-order valence-corrected chi connectivity index (χ0v) is 17.5. The number of hydrogen-bond donors (Lipinski definition) is 2. The number of furan rings is 1. The van der Waals surface area contributed by atoms with Crippen molar-refractivity contribution in [3.05, 3.63) is 58.8 Å². The molecule has 0 saturated heterocycles. The van der Waals surface area contributed by atoms with Crippen molar-refractivity contribution in [1.29, 1.82) is 0 Å². The Balaban J connectivity index is 1.56. The lowest BCUT2D eigenvalue weighted by atomic mass is 10.2. The third-order valence-corrected chi connectivity index (χ3v) is 5.42. The number of aryl methyl sites for hydroxylation is 1. The Bertz CT molecular complexity index is 1000. The van der Waals surface area contributed by atoms with Crippen LogP contribution in [0.1, 0.15) is 28.9 Å². The van der Waals surface area contributed by atoms with E-state index in [4.69, 9.17) is 16.0 Å². The maximum absolute atomic E-state index is 12.2. The van der Waals surface area contributed by atoms with Crippen LogP contribution >= 0.6 is 23.4 Å². The number of nitrogens with one attached hydrogen (secondary N) is 2. The first kappa shape index (κ1) is 20.9. The number of hydrogen-bond acceptors (Lipinski definition) is 6. The van der Waals surface area contributed by atoms with E-state index in [2.05, 4.69) is 20.8 Å². The number of aromatic nitrogens is 3. The largest absolute Gasteiger partial charge is 0.459 e. The summed E-state index contributed by atoms with van der Waals surface area (Å²) in [6.07, 6.45) is 1.44. The molecule has 3 aromatic rings. The maximum Gasteiger partial charge on any atom is 0.287 e. The van der Waals surface area contributed by atoms with Crippen LogP contribution in [0.5, 0.6) is 0 Å². The van der Waals surface area contributed by atoms with Gasteiger partial charge in [-0.2, -0.15) is 0 Å². The molecule has 0 aliphatic carbocycles. The maximum atomic E-state index is 12.2. The van der Waals surface area contributed by atoms with Gasteiger partial charge in [-0.15, -0.1) is 10.2 Å². The van der Waals surface area contributed by atoms with E-state index in [-0.39, 0.29) is 29.9 Å². The summed E-state index contributed by atoms with van der Waals surface area (Å²) in [7, 11) is 0. The minimum absolute atomic E-state index is 0.169. The molecule has 0 unspecified atom stereocenters. The van der Waals surface area contributed by atoms with Crippen LogP contribution in [0.3, 0.4) is 0 Å². The SMILES string of the molecule is CCn1c(CNC(=O)c2ccco2)nnc1SCC(=O)Nc1ccc(C)c(Cl)c1. The molecule has 2 N–H and O–H groups in total. The number of anilines is 1.